The van der Waals surface area contributed by atoms with Crippen molar-refractivity contribution in [3.05, 3.63) is 35.4 Å². The smallest absolute Gasteiger partial charge is 0.191 e. The summed E-state index contributed by atoms with van der Waals surface area (Å²) in [6.45, 7) is 8.41. The van der Waals surface area contributed by atoms with Crippen LogP contribution in [0.5, 0.6) is 0 Å². The van der Waals surface area contributed by atoms with E-state index in [0.717, 1.165) is 57.6 Å². The van der Waals surface area contributed by atoms with Crippen molar-refractivity contribution < 1.29 is 0 Å². The first-order chi connectivity index (χ1) is 10.7. The third-order valence-electron chi connectivity index (χ3n) is 4.88. The highest BCUT2D eigenvalue weighted by Crippen LogP contribution is 2.18. The van der Waals surface area contributed by atoms with Gasteiger partial charge in [-0.1, -0.05) is 31.2 Å². The predicted octanol–water partition coefficient (Wildman–Crippen LogP) is 2.71. The molecule has 2 heterocycles. The summed E-state index contributed by atoms with van der Waals surface area (Å²) < 4.78 is 0. The topological polar surface area (TPSA) is 44.9 Å². The molecule has 0 radical (unpaired) electrons. The molecule has 0 spiro atoms. The summed E-state index contributed by atoms with van der Waals surface area (Å²) in [5.41, 5.74) is 9.13. The predicted molar refractivity (Wildman–Crippen MR) is 107 cm³/mol. The number of hydrogen-bond donors (Lipinski definition) is 1. The molecule has 4 nitrogen and oxygen atoms in total. The number of nitrogens with two attached hydrogens (primary N) is 1. The normalized spacial score (nSPS) is 22.4. The molecule has 5 heteroatoms. The largest absolute Gasteiger partial charge is 0.370 e. The standard InChI is InChI=1S/C18H28N4.HI/c1-15-5-4-10-22(13-15)18(19)20-9-12-21-11-8-16-6-2-3-7-17(16)14-21;/h2-3,6-7,15H,4-5,8-14H2,1H3,(H2,19,20);1H. The third-order valence-corrected chi connectivity index (χ3v) is 4.88. The molecule has 0 saturated carbocycles. The van der Waals surface area contributed by atoms with Crippen LogP contribution in [0.2, 0.25) is 0 Å². The number of aliphatic imine (C=N–C) groups is 1. The quantitative estimate of drug-likeness (QED) is 0.458. The van der Waals surface area contributed by atoms with Crippen LogP contribution in [-0.2, 0) is 13.0 Å². The highest BCUT2D eigenvalue weighted by atomic mass is 127. The van der Waals surface area contributed by atoms with Crippen molar-refractivity contribution in [2.75, 3.05) is 32.7 Å². The van der Waals surface area contributed by atoms with Crippen molar-refractivity contribution in [3.8, 4) is 0 Å². The van der Waals surface area contributed by atoms with Gasteiger partial charge >= 0.3 is 0 Å². The van der Waals surface area contributed by atoms with Crippen LogP contribution in [0.1, 0.15) is 30.9 Å². The van der Waals surface area contributed by atoms with Crippen LogP contribution in [0.15, 0.2) is 29.3 Å². The average Bonchev–Trinajstić information content (AvgIpc) is 2.54. The molecule has 1 atom stereocenters. The van der Waals surface area contributed by atoms with Gasteiger partial charge in [0.15, 0.2) is 5.96 Å². The molecule has 1 unspecified atom stereocenters. The monoisotopic (exact) mass is 428 g/mol. The lowest BCUT2D eigenvalue weighted by molar-refractivity contribution is 0.257. The molecule has 1 aromatic carbocycles. The maximum atomic E-state index is 6.16. The van der Waals surface area contributed by atoms with Gasteiger partial charge in [-0.05, 0) is 36.3 Å². The molecule has 0 amide bonds. The van der Waals surface area contributed by atoms with Gasteiger partial charge in [-0.3, -0.25) is 9.89 Å². The van der Waals surface area contributed by atoms with E-state index in [1.54, 1.807) is 0 Å². The van der Waals surface area contributed by atoms with Gasteiger partial charge in [0.1, 0.15) is 0 Å². The number of halogens is 1. The van der Waals surface area contributed by atoms with E-state index < -0.39 is 0 Å². The van der Waals surface area contributed by atoms with E-state index in [1.165, 1.54) is 24.0 Å². The lowest BCUT2D eigenvalue weighted by Gasteiger charge is -2.32. The molecular formula is C18H29IN4. The number of benzene rings is 1. The molecule has 1 fully saturated rings. The minimum absolute atomic E-state index is 0. The first kappa shape index (κ1) is 18.5. The Morgan fingerprint density at radius 2 is 2.04 bits per heavy atom. The minimum Gasteiger partial charge on any atom is -0.370 e. The van der Waals surface area contributed by atoms with Crippen LogP contribution >= 0.6 is 24.0 Å². The summed E-state index contributed by atoms with van der Waals surface area (Å²) in [5, 5.41) is 0. The molecule has 2 aliphatic rings. The first-order valence-electron chi connectivity index (χ1n) is 8.56. The Morgan fingerprint density at radius 3 is 2.83 bits per heavy atom. The SMILES string of the molecule is CC1CCCN(C(N)=NCCN2CCc3ccccc3C2)C1.I. The summed E-state index contributed by atoms with van der Waals surface area (Å²) in [5.74, 6) is 1.48. The Balaban J connectivity index is 0.00000192. The molecule has 1 aromatic rings. The zero-order valence-corrected chi connectivity index (χ0v) is 16.4. The Bertz CT molecular complexity index is 532. The number of fused-ring (bicyclic) bond motifs is 1. The molecule has 1 saturated heterocycles. The van der Waals surface area contributed by atoms with Crippen molar-refractivity contribution in [2.24, 2.45) is 16.6 Å². The van der Waals surface area contributed by atoms with Crippen molar-refractivity contribution >= 4 is 29.9 Å². The minimum atomic E-state index is 0. The van der Waals surface area contributed by atoms with Crippen LogP contribution < -0.4 is 5.73 Å². The van der Waals surface area contributed by atoms with Crippen molar-refractivity contribution in [2.45, 2.75) is 32.7 Å². The highest BCUT2D eigenvalue weighted by Gasteiger charge is 2.18. The van der Waals surface area contributed by atoms with E-state index in [0.29, 0.717) is 0 Å². The fraction of sp³-hybridized carbons (Fsp3) is 0.611. The summed E-state index contributed by atoms with van der Waals surface area (Å²) in [6, 6.07) is 8.77. The van der Waals surface area contributed by atoms with Crippen molar-refractivity contribution in [1.29, 1.82) is 0 Å². The highest BCUT2D eigenvalue weighted by molar-refractivity contribution is 14.0. The van der Waals surface area contributed by atoms with Gasteiger partial charge in [-0.15, -0.1) is 24.0 Å². The van der Waals surface area contributed by atoms with Crippen LogP contribution in [0.4, 0.5) is 0 Å². The van der Waals surface area contributed by atoms with Crippen LogP contribution in [0.3, 0.4) is 0 Å². The second-order valence-electron chi connectivity index (χ2n) is 6.73. The van der Waals surface area contributed by atoms with Gasteiger partial charge in [0.05, 0.1) is 6.54 Å². The van der Waals surface area contributed by atoms with Crippen molar-refractivity contribution in [1.82, 2.24) is 9.80 Å². The van der Waals surface area contributed by atoms with E-state index in [-0.39, 0.29) is 24.0 Å². The Hall–Kier alpha value is -0.820. The van der Waals surface area contributed by atoms with E-state index in [2.05, 4.69) is 46.0 Å². The molecule has 128 valence electrons. The first-order valence-corrected chi connectivity index (χ1v) is 8.56. The number of nitrogens with zero attached hydrogens (tertiary/aromatic N) is 3. The Kier molecular flexibility index (Phi) is 7.14. The molecule has 0 bridgehead atoms. The van der Waals surface area contributed by atoms with E-state index in [9.17, 15) is 0 Å². The van der Waals surface area contributed by atoms with Gasteiger partial charge in [-0.25, -0.2) is 0 Å². The summed E-state index contributed by atoms with van der Waals surface area (Å²) in [6.07, 6.45) is 3.70. The molecule has 3 rings (SSSR count). The number of guanidine groups is 1. The summed E-state index contributed by atoms with van der Waals surface area (Å²) in [4.78, 5) is 9.34. The average molecular weight is 428 g/mol. The molecule has 0 aliphatic carbocycles. The third kappa shape index (κ3) is 5.08. The maximum Gasteiger partial charge on any atom is 0.191 e. The number of rotatable bonds is 3. The van der Waals surface area contributed by atoms with Gasteiger partial charge < -0.3 is 10.6 Å². The summed E-state index contributed by atoms with van der Waals surface area (Å²) >= 11 is 0. The van der Waals surface area contributed by atoms with Gasteiger partial charge in [-0.2, -0.15) is 0 Å². The molecule has 2 N–H and O–H groups in total. The van der Waals surface area contributed by atoms with Crippen LogP contribution in [-0.4, -0.2) is 48.5 Å². The number of likely N-dealkylation sites (tertiary alicyclic amines) is 1. The van der Waals surface area contributed by atoms with Crippen LogP contribution in [0.25, 0.3) is 0 Å². The lowest BCUT2D eigenvalue weighted by Crippen LogP contribution is -2.44. The zero-order chi connectivity index (χ0) is 15.4. The Labute approximate surface area is 157 Å². The second kappa shape index (κ2) is 8.87. The molecule has 0 aromatic heterocycles. The second-order valence-corrected chi connectivity index (χ2v) is 6.73. The van der Waals surface area contributed by atoms with E-state index in [1.807, 2.05) is 0 Å². The Morgan fingerprint density at radius 1 is 1.26 bits per heavy atom. The maximum absolute atomic E-state index is 6.16. The number of hydrogen-bond acceptors (Lipinski definition) is 2. The summed E-state index contributed by atoms with van der Waals surface area (Å²) in [7, 11) is 0. The zero-order valence-electron chi connectivity index (χ0n) is 14.1. The van der Waals surface area contributed by atoms with Gasteiger partial charge in [0, 0.05) is 32.7 Å². The van der Waals surface area contributed by atoms with Crippen molar-refractivity contribution in [3.63, 3.8) is 0 Å². The van der Waals surface area contributed by atoms with Gasteiger partial charge in [0.25, 0.3) is 0 Å². The van der Waals surface area contributed by atoms with Gasteiger partial charge in [0.2, 0.25) is 0 Å². The van der Waals surface area contributed by atoms with E-state index >= 15 is 0 Å². The fourth-order valence-electron chi connectivity index (χ4n) is 3.55. The van der Waals surface area contributed by atoms with E-state index in [4.69, 9.17) is 5.73 Å². The molecule has 23 heavy (non-hydrogen) atoms. The lowest BCUT2D eigenvalue weighted by atomic mass is 10.00. The molecule has 2 aliphatic heterocycles. The molecular weight excluding hydrogens is 399 g/mol. The van der Waals surface area contributed by atoms with Crippen LogP contribution in [0, 0.1) is 5.92 Å². The fourth-order valence-corrected chi connectivity index (χ4v) is 3.55. The number of piperidine rings is 1.